The topological polar surface area (TPSA) is 55.2 Å². The van der Waals surface area contributed by atoms with E-state index in [1.165, 1.54) is 0 Å². The lowest BCUT2D eigenvalue weighted by Crippen LogP contribution is -1.96. The summed E-state index contributed by atoms with van der Waals surface area (Å²) in [5, 5.41) is 12.0. The molecule has 0 spiro atoms. The predicted octanol–water partition coefficient (Wildman–Crippen LogP) is 3.74. The van der Waals surface area contributed by atoms with Gasteiger partial charge in [0.05, 0.1) is 0 Å². The van der Waals surface area contributed by atoms with Gasteiger partial charge in [-0.05, 0) is 42.8 Å². The summed E-state index contributed by atoms with van der Waals surface area (Å²) in [6.07, 6.45) is 0. The molecule has 2 aromatic carbocycles. The smallest absolute Gasteiger partial charge is 0.322 e. The van der Waals surface area contributed by atoms with E-state index in [-0.39, 0.29) is 11.8 Å². The fourth-order valence-corrected chi connectivity index (χ4v) is 2.13. The van der Waals surface area contributed by atoms with Gasteiger partial charge < -0.3 is 9.84 Å². The van der Waals surface area contributed by atoms with E-state index in [1.54, 1.807) is 12.1 Å². The van der Waals surface area contributed by atoms with E-state index in [0.29, 0.717) is 5.75 Å². The van der Waals surface area contributed by atoms with Gasteiger partial charge in [-0.15, -0.1) is 0 Å². The molecule has 1 aromatic heterocycles. The summed E-state index contributed by atoms with van der Waals surface area (Å²) >= 11 is 0. The van der Waals surface area contributed by atoms with Crippen molar-refractivity contribution in [2.75, 3.05) is 0 Å². The summed E-state index contributed by atoms with van der Waals surface area (Å²) in [6.45, 7) is 3.75. The van der Waals surface area contributed by atoms with Crippen LogP contribution in [0.3, 0.4) is 0 Å². The van der Waals surface area contributed by atoms with E-state index in [1.807, 2.05) is 44.2 Å². The molecular weight excluding hydrogens is 252 g/mol. The zero-order chi connectivity index (χ0) is 14.1. The fourth-order valence-electron chi connectivity index (χ4n) is 2.13. The highest BCUT2D eigenvalue weighted by molar-refractivity contribution is 5.85. The molecule has 3 rings (SSSR count). The van der Waals surface area contributed by atoms with Gasteiger partial charge in [-0.25, -0.2) is 9.97 Å². The molecule has 0 saturated carbocycles. The Kier molecular flexibility index (Phi) is 2.99. The molecule has 20 heavy (non-hydrogen) atoms. The third-order valence-corrected chi connectivity index (χ3v) is 2.99. The highest BCUT2D eigenvalue weighted by Crippen LogP contribution is 2.33. The summed E-state index contributed by atoms with van der Waals surface area (Å²) in [4.78, 5) is 8.41. The van der Waals surface area contributed by atoms with Crippen molar-refractivity contribution < 1.29 is 9.84 Å². The highest BCUT2D eigenvalue weighted by Gasteiger charge is 2.08. The molecule has 0 radical (unpaired) electrons. The van der Waals surface area contributed by atoms with Crippen LogP contribution in [0.1, 0.15) is 11.4 Å². The van der Waals surface area contributed by atoms with Crippen LogP contribution < -0.4 is 4.74 Å². The lowest BCUT2D eigenvalue weighted by atomic mass is 10.1. The third kappa shape index (κ3) is 2.40. The second-order valence-corrected chi connectivity index (χ2v) is 4.70. The Hall–Kier alpha value is -2.62. The van der Waals surface area contributed by atoms with Crippen LogP contribution in [-0.2, 0) is 0 Å². The molecular formula is C16H14N2O2. The first kappa shape index (κ1) is 12.4. The van der Waals surface area contributed by atoms with Gasteiger partial charge in [-0.1, -0.05) is 24.3 Å². The predicted molar refractivity (Wildman–Crippen MR) is 77.2 cm³/mol. The van der Waals surface area contributed by atoms with Crippen LogP contribution in [0.2, 0.25) is 0 Å². The van der Waals surface area contributed by atoms with Gasteiger partial charge in [0.15, 0.2) is 11.5 Å². The van der Waals surface area contributed by atoms with Crippen LogP contribution in [0.25, 0.3) is 10.8 Å². The largest absolute Gasteiger partial charge is 0.504 e. The monoisotopic (exact) mass is 266 g/mol. The molecule has 1 N–H and O–H groups in total. The van der Waals surface area contributed by atoms with Crippen molar-refractivity contribution in [2.24, 2.45) is 0 Å². The number of nitrogens with zero attached hydrogens (tertiary/aromatic N) is 2. The molecule has 4 heteroatoms. The zero-order valence-corrected chi connectivity index (χ0v) is 11.3. The molecule has 0 aliphatic carbocycles. The van der Waals surface area contributed by atoms with Gasteiger partial charge in [-0.3, -0.25) is 0 Å². The Labute approximate surface area is 116 Å². The minimum atomic E-state index is 0.0754. The summed E-state index contributed by atoms with van der Waals surface area (Å²) < 4.78 is 5.61. The zero-order valence-electron chi connectivity index (χ0n) is 11.3. The standard InChI is InChI=1S/C16H14N2O2/c1-10-7-11(2)18-16(17-10)20-15-9-13-6-4-3-5-12(13)8-14(15)19/h3-9,19H,1-2H3. The SMILES string of the molecule is Cc1cc(C)nc(Oc2cc3ccccc3cc2O)n1. The van der Waals surface area contributed by atoms with Crippen molar-refractivity contribution in [1.29, 1.82) is 0 Å². The Morgan fingerprint density at radius 2 is 1.50 bits per heavy atom. The lowest BCUT2D eigenvalue weighted by Gasteiger charge is -2.08. The van der Waals surface area contributed by atoms with Gasteiger partial charge in [0.25, 0.3) is 0 Å². The molecule has 100 valence electrons. The second-order valence-electron chi connectivity index (χ2n) is 4.70. The number of aromatic hydroxyl groups is 1. The first-order chi connectivity index (χ1) is 9.61. The van der Waals surface area contributed by atoms with Crippen LogP contribution in [0.4, 0.5) is 0 Å². The number of aryl methyl sites for hydroxylation is 2. The summed E-state index contributed by atoms with van der Waals surface area (Å²) in [5.74, 6) is 0.431. The van der Waals surface area contributed by atoms with E-state index >= 15 is 0 Å². The van der Waals surface area contributed by atoms with Crippen LogP contribution >= 0.6 is 0 Å². The first-order valence-electron chi connectivity index (χ1n) is 6.34. The van der Waals surface area contributed by atoms with Gasteiger partial charge in [0.2, 0.25) is 0 Å². The minimum absolute atomic E-state index is 0.0754. The van der Waals surface area contributed by atoms with Gasteiger partial charge >= 0.3 is 6.01 Å². The van der Waals surface area contributed by atoms with Crippen LogP contribution in [0.15, 0.2) is 42.5 Å². The van der Waals surface area contributed by atoms with Crippen molar-refractivity contribution in [2.45, 2.75) is 13.8 Å². The van der Waals surface area contributed by atoms with Crippen LogP contribution in [0, 0.1) is 13.8 Å². The molecule has 0 amide bonds. The van der Waals surface area contributed by atoms with Crippen molar-refractivity contribution in [3.05, 3.63) is 53.9 Å². The lowest BCUT2D eigenvalue weighted by molar-refractivity contribution is 0.391. The maximum absolute atomic E-state index is 10.0. The average Bonchev–Trinajstić information content (AvgIpc) is 2.38. The van der Waals surface area contributed by atoms with Gasteiger partial charge in [-0.2, -0.15) is 0 Å². The third-order valence-electron chi connectivity index (χ3n) is 2.99. The maximum atomic E-state index is 10.0. The normalized spacial score (nSPS) is 10.7. The number of fused-ring (bicyclic) bond motifs is 1. The molecule has 3 aromatic rings. The summed E-state index contributed by atoms with van der Waals surface area (Å²) in [6, 6.07) is 13.3. The number of benzene rings is 2. The van der Waals surface area contributed by atoms with Crippen molar-refractivity contribution >= 4 is 10.8 Å². The molecule has 0 unspecified atom stereocenters. The quantitative estimate of drug-likeness (QED) is 0.767. The van der Waals surface area contributed by atoms with E-state index < -0.39 is 0 Å². The number of phenolic OH excluding ortho intramolecular Hbond substituents is 1. The van der Waals surface area contributed by atoms with Crippen molar-refractivity contribution in [3.8, 4) is 17.5 Å². The minimum Gasteiger partial charge on any atom is -0.504 e. The van der Waals surface area contributed by atoms with Crippen LogP contribution in [0.5, 0.6) is 17.5 Å². The van der Waals surface area contributed by atoms with Crippen LogP contribution in [-0.4, -0.2) is 15.1 Å². The molecule has 1 heterocycles. The molecule has 4 nitrogen and oxygen atoms in total. The number of phenols is 1. The van der Waals surface area contributed by atoms with Crippen molar-refractivity contribution in [3.63, 3.8) is 0 Å². The Bertz CT molecular complexity index is 764. The Balaban J connectivity index is 2.03. The Morgan fingerprint density at radius 1 is 0.900 bits per heavy atom. The molecule has 0 aliphatic heterocycles. The molecule has 0 saturated heterocycles. The fraction of sp³-hybridized carbons (Fsp3) is 0.125. The van der Waals surface area contributed by atoms with E-state index in [0.717, 1.165) is 22.2 Å². The second kappa shape index (κ2) is 4.81. The van der Waals surface area contributed by atoms with Gasteiger partial charge in [0, 0.05) is 11.4 Å². The molecule has 0 fully saturated rings. The Morgan fingerprint density at radius 3 is 2.15 bits per heavy atom. The number of hydrogen-bond acceptors (Lipinski definition) is 4. The molecule has 0 aliphatic rings. The number of ether oxygens (including phenoxy) is 1. The van der Waals surface area contributed by atoms with E-state index in [2.05, 4.69) is 9.97 Å². The first-order valence-corrected chi connectivity index (χ1v) is 6.34. The number of aromatic nitrogens is 2. The summed E-state index contributed by atoms with van der Waals surface area (Å²) in [5.41, 5.74) is 1.65. The summed E-state index contributed by atoms with van der Waals surface area (Å²) in [7, 11) is 0. The molecule has 0 bridgehead atoms. The van der Waals surface area contributed by atoms with Gasteiger partial charge in [0.1, 0.15) is 0 Å². The number of rotatable bonds is 2. The van der Waals surface area contributed by atoms with E-state index in [9.17, 15) is 5.11 Å². The average molecular weight is 266 g/mol. The van der Waals surface area contributed by atoms with E-state index in [4.69, 9.17) is 4.74 Å². The number of hydrogen-bond donors (Lipinski definition) is 1. The maximum Gasteiger partial charge on any atom is 0.322 e. The molecule has 0 atom stereocenters. The highest BCUT2D eigenvalue weighted by atomic mass is 16.5. The van der Waals surface area contributed by atoms with Crippen molar-refractivity contribution in [1.82, 2.24) is 9.97 Å².